The molecule has 0 spiro atoms. The van der Waals surface area contributed by atoms with Crippen LogP contribution in [0, 0.1) is 0 Å². The Morgan fingerprint density at radius 1 is 1.30 bits per heavy atom. The second-order valence-electron chi connectivity index (χ2n) is 6.79. The van der Waals surface area contributed by atoms with Crippen LogP contribution >= 0.6 is 0 Å². The number of aromatic nitrogens is 6. The molecule has 30 heavy (non-hydrogen) atoms. The van der Waals surface area contributed by atoms with Crippen LogP contribution in [0.25, 0.3) is 33.5 Å². The molecule has 0 bridgehead atoms. The van der Waals surface area contributed by atoms with Gasteiger partial charge in [-0.3, -0.25) is 9.48 Å². The molecule has 0 unspecified atom stereocenters. The molecule has 0 aliphatic carbocycles. The number of carbonyl (C=O) groups excluding carboxylic acids is 1. The Bertz CT molecular complexity index is 1180. The Balaban J connectivity index is 1.73. The van der Waals surface area contributed by atoms with Gasteiger partial charge >= 0.3 is 0 Å². The maximum Gasteiger partial charge on any atom is 0.257 e. The van der Waals surface area contributed by atoms with Crippen molar-refractivity contribution in [2.45, 2.75) is 26.3 Å². The molecule has 0 aromatic carbocycles. The summed E-state index contributed by atoms with van der Waals surface area (Å²) >= 11 is 0. The Morgan fingerprint density at radius 2 is 2.17 bits per heavy atom. The van der Waals surface area contributed by atoms with Crippen molar-refractivity contribution in [3.05, 3.63) is 43.0 Å². The van der Waals surface area contributed by atoms with Crippen LogP contribution in [0.1, 0.15) is 13.3 Å². The highest BCUT2D eigenvalue weighted by Crippen LogP contribution is 2.31. The zero-order valence-electron chi connectivity index (χ0n) is 16.1. The first-order valence-corrected chi connectivity index (χ1v) is 9.35. The summed E-state index contributed by atoms with van der Waals surface area (Å²) in [7, 11) is 0. The lowest BCUT2D eigenvalue weighted by Gasteiger charge is -2.06. The van der Waals surface area contributed by atoms with Crippen LogP contribution in [0.15, 0.2) is 43.0 Å². The van der Waals surface area contributed by atoms with Gasteiger partial charge in [0.1, 0.15) is 23.7 Å². The van der Waals surface area contributed by atoms with Gasteiger partial charge in [0.15, 0.2) is 0 Å². The molecule has 0 fully saturated rings. The van der Waals surface area contributed by atoms with Crippen molar-refractivity contribution in [3.8, 4) is 22.5 Å². The summed E-state index contributed by atoms with van der Waals surface area (Å²) in [6.07, 6.45) is 4.36. The number of halogens is 2. The largest absolute Gasteiger partial charge is 0.354 e. The molecule has 4 aromatic heterocycles. The van der Waals surface area contributed by atoms with E-state index < -0.39 is 13.0 Å². The fourth-order valence-electron chi connectivity index (χ4n) is 3.07. The Hall–Kier alpha value is -3.69. The van der Waals surface area contributed by atoms with E-state index in [1.54, 1.807) is 30.9 Å². The highest BCUT2D eigenvalue weighted by Gasteiger charge is 2.18. The third-order valence-electron chi connectivity index (χ3n) is 4.45. The van der Waals surface area contributed by atoms with Gasteiger partial charge in [0.05, 0.1) is 5.69 Å². The van der Waals surface area contributed by atoms with Crippen LogP contribution in [0.3, 0.4) is 0 Å². The van der Waals surface area contributed by atoms with Crippen molar-refractivity contribution >= 4 is 22.8 Å². The lowest BCUT2D eigenvalue weighted by atomic mass is 10.1. The number of ketones is 1. The minimum absolute atomic E-state index is 0.0573. The standard InChI is InChI=1S/C20H19F2N7O/c1-12(30)2-5-24-20-25-7-4-16(27-20)15-10-29(11-17(21)22)28-18(15)14-8-13-3-6-23-19(13)26-9-14/h3-4,6-10,17H,2,5,11H2,1H3,(H,23,26)(H,24,25,27). The van der Waals surface area contributed by atoms with E-state index in [1.807, 2.05) is 12.1 Å². The molecule has 0 saturated heterocycles. The van der Waals surface area contributed by atoms with Crippen LogP contribution in [0.2, 0.25) is 0 Å². The second kappa shape index (κ2) is 8.36. The smallest absolute Gasteiger partial charge is 0.257 e. The summed E-state index contributed by atoms with van der Waals surface area (Å²) in [6.45, 7) is 1.39. The minimum atomic E-state index is -2.54. The first-order valence-electron chi connectivity index (χ1n) is 9.35. The molecule has 0 aliphatic heterocycles. The minimum Gasteiger partial charge on any atom is -0.354 e. The summed E-state index contributed by atoms with van der Waals surface area (Å²) in [5, 5.41) is 8.25. The van der Waals surface area contributed by atoms with Gasteiger partial charge in [0.25, 0.3) is 6.43 Å². The van der Waals surface area contributed by atoms with Crippen LogP contribution < -0.4 is 5.32 Å². The van der Waals surface area contributed by atoms with E-state index in [-0.39, 0.29) is 5.78 Å². The average molecular weight is 411 g/mol. The molecular weight excluding hydrogens is 392 g/mol. The normalized spacial score (nSPS) is 11.3. The number of rotatable bonds is 8. The number of nitrogens with zero attached hydrogens (tertiary/aromatic N) is 5. The number of aromatic amines is 1. The zero-order valence-corrected chi connectivity index (χ0v) is 16.1. The fraction of sp³-hybridized carbons (Fsp3) is 0.250. The monoisotopic (exact) mass is 411 g/mol. The van der Waals surface area contributed by atoms with Crippen LogP contribution in [-0.4, -0.2) is 48.5 Å². The number of anilines is 1. The first-order chi connectivity index (χ1) is 14.5. The van der Waals surface area contributed by atoms with Crippen molar-refractivity contribution in [2.75, 3.05) is 11.9 Å². The second-order valence-corrected chi connectivity index (χ2v) is 6.79. The van der Waals surface area contributed by atoms with Crippen molar-refractivity contribution in [2.24, 2.45) is 0 Å². The van der Waals surface area contributed by atoms with Gasteiger partial charge in [0.2, 0.25) is 5.95 Å². The Morgan fingerprint density at radius 3 is 2.97 bits per heavy atom. The number of hydrogen-bond donors (Lipinski definition) is 2. The Kier molecular flexibility index (Phi) is 5.46. The highest BCUT2D eigenvalue weighted by atomic mass is 19.3. The highest BCUT2D eigenvalue weighted by molar-refractivity contribution is 5.85. The zero-order chi connectivity index (χ0) is 21.1. The predicted molar refractivity (Wildman–Crippen MR) is 108 cm³/mol. The summed E-state index contributed by atoms with van der Waals surface area (Å²) in [4.78, 5) is 27.1. The molecule has 0 radical (unpaired) electrons. The van der Waals surface area contributed by atoms with Crippen LogP contribution in [0.4, 0.5) is 14.7 Å². The number of alkyl halides is 2. The number of H-pyrrole nitrogens is 1. The molecule has 0 saturated carbocycles. The summed E-state index contributed by atoms with van der Waals surface area (Å²) in [6, 6.07) is 5.46. The molecule has 2 N–H and O–H groups in total. The lowest BCUT2D eigenvalue weighted by Crippen LogP contribution is -2.08. The molecule has 0 aliphatic rings. The molecule has 10 heteroatoms. The van der Waals surface area contributed by atoms with Gasteiger partial charge in [-0.1, -0.05) is 0 Å². The van der Waals surface area contributed by atoms with Gasteiger partial charge < -0.3 is 10.3 Å². The molecule has 0 amide bonds. The topological polar surface area (TPSA) is 101 Å². The third-order valence-corrected chi connectivity index (χ3v) is 4.45. The number of fused-ring (bicyclic) bond motifs is 1. The molecule has 0 atom stereocenters. The molecule has 4 rings (SSSR count). The summed E-state index contributed by atoms with van der Waals surface area (Å²) < 4.78 is 27.1. The van der Waals surface area contributed by atoms with Crippen molar-refractivity contribution in [3.63, 3.8) is 0 Å². The van der Waals surface area contributed by atoms with E-state index in [0.717, 1.165) is 11.0 Å². The van der Waals surface area contributed by atoms with Crippen LogP contribution in [-0.2, 0) is 11.3 Å². The predicted octanol–water partition coefficient (Wildman–Crippen LogP) is 3.54. The Labute approximate surface area is 170 Å². The number of nitrogens with one attached hydrogen (secondary N) is 2. The number of Topliss-reactive ketones (excluding diaryl/α,β-unsaturated/α-hetero) is 1. The van der Waals surface area contributed by atoms with Crippen molar-refractivity contribution < 1.29 is 13.6 Å². The van der Waals surface area contributed by atoms with E-state index in [9.17, 15) is 13.6 Å². The van der Waals surface area contributed by atoms with Crippen molar-refractivity contribution in [1.29, 1.82) is 0 Å². The fourth-order valence-corrected chi connectivity index (χ4v) is 3.07. The van der Waals surface area contributed by atoms with E-state index in [0.29, 0.717) is 41.4 Å². The van der Waals surface area contributed by atoms with Gasteiger partial charge in [0, 0.05) is 54.3 Å². The molecule has 8 nitrogen and oxygen atoms in total. The number of hydrogen-bond acceptors (Lipinski definition) is 6. The SMILES string of the molecule is CC(=O)CCNc1nccc(-c2cn(CC(F)F)nc2-c2cnc3[nH]ccc3c2)n1. The van der Waals surface area contributed by atoms with Gasteiger partial charge in [-0.2, -0.15) is 5.10 Å². The van der Waals surface area contributed by atoms with E-state index in [2.05, 4.69) is 30.4 Å². The molecule has 4 aromatic rings. The lowest BCUT2D eigenvalue weighted by molar-refractivity contribution is -0.116. The van der Waals surface area contributed by atoms with E-state index in [4.69, 9.17) is 0 Å². The summed E-state index contributed by atoms with van der Waals surface area (Å²) in [5.41, 5.74) is 3.03. The maximum absolute atomic E-state index is 13.0. The van der Waals surface area contributed by atoms with Gasteiger partial charge in [-0.15, -0.1) is 0 Å². The van der Waals surface area contributed by atoms with Crippen molar-refractivity contribution in [1.82, 2.24) is 29.7 Å². The van der Waals surface area contributed by atoms with E-state index in [1.165, 1.54) is 11.6 Å². The average Bonchev–Trinajstić information content (AvgIpc) is 3.33. The number of carbonyl (C=O) groups is 1. The quantitative estimate of drug-likeness (QED) is 0.460. The number of pyridine rings is 1. The van der Waals surface area contributed by atoms with E-state index >= 15 is 0 Å². The van der Waals surface area contributed by atoms with Crippen LogP contribution in [0.5, 0.6) is 0 Å². The van der Waals surface area contributed by atoms with Gasteiger partial charge in [-0.25, -0.2) is 23.7 Å². The van der Waals surface area contributed by atoms with Gasteiger partial charge in [-0.05, 0) is 25.1 Å². The third kappa shape index (κ3) is 4.32. The maximum atomic E-state index is 13.0. The molecule has 4 heterocycles. The first kappa shape index (κ1) is 19.6. The molecule has 154 valence electrons. The molecular formula is C20H19F2N7O. The summed E-state index contributed by atoms with van der Waals surface area (Å²) in [5.74, 6) is 0.405.